The zero-order valence-electron chi connectivity index (χ0n) is 13.4. The molecule has 27 heavy (non-hydrogen) atoms. The molecule has 0 saturated heterocycles. The molecule has 0 amide bonds. The first-order chi connectivity index (χ1) is 12.6. The third-order valence-electron chi connectivity index (χ3n) is 4.15. The Balaban J connectivity index is 2.15. The summed E-state index contributed by atoms with van der Waals surface area (Å²) in [6.07, 6.45) is -8.95. The summed E-state index contributed by atoms with van der Waals surface area (Å²) in [6, 6.07) is 4.03. The lowest BCUT2D eigenvalue weighted by Crippen LogP contribution is -2.14. The number of nitrogens with zero attached hydrogens (tertiary/aromatic N) is 4. The third-order valence-corrected chi connectivity index (χ3v) is 4.15. The molecular formula is C16H8F6N4O. The molecule has 0 radical (unpaired) electrons. The Hall–Kier alpha value is -3.11. The van der Waals surface area contributed by atoms with Crippen LogP contribution in [0.1, 0.15) is 11.3 Å². The summed E-state index contributed by atoms with van der Waals surface area (Å²) in [5.74, 6) is 0.0740. The lowest BCUT2D eigenvalue weighted by atomic mass is 10.0. The van der Waals surface area contributed by atoms with Crippen LogP contribution in [0.4, 0.5) is 26.3 Å². The summed E-state index contributed by atoms with van der Waals surface area (Å²) in [4.78, 5) is 3.49. The molecular weight excluding hydrogens is 378 g/mol. The summed E-state index contributed by atoms with van der Waals surface area (Å²) in [5.41, 5.74) is -3.00. The highest BCUT2D eigenvalue weighted by Crippen LogP contribution is 2.41. The van der Waals surface area contributed by atoms with E-state index in [1.165, 1.54) is 23.7 Å². The van der Waals surface area contributed by atoms with Gasteiger partial charge in [-0.1, -0.05) is 12.1 Å². The van der Waals surface area contributed by atoms with E-state index in [0.29, 0.717) is 11.1 Å². The molecule has 3 heterocycles. The van der Waals surface area contributed by atoms with Crippen molar-refractivity contribution in [1.29, 1.82) is 0 Å². The van der Waals surface area contributed by atoms with Gasteiger partial charge in [0.25, 0.3) is 5.89 Å². The van der Waals surface area contributed by atoms with Crippen LogP contribution in [-0.2, 0) is 19.4 Å². The largest absolute Gasteiger partial charge is 0.433 e. The molecule has 0 fully saturated rings. The highest BCUT2D eigenvalue weighted by Gasteiger charge is 2.39. The monoisotopic (exact) mass is 386 g/mol. The second kappa shape index (κ2) is 5.44. The number of hydrogen-bond donors (Lipinski definition) is 0. The zero-order chi connectivity index (χ0) is 19.6. The van der Waals surface area contributed by atoms with Crippen LogP contribution >= 0.6 is 0 Å². The molecule has 4 rings (SSSR count). The van der Waals surface area contributed by atoms with Gasteiger partial charge in [-0.05, 0) is 12.1 Å². The minimum absolute atomic E-state index is 0.0238. The molecule has 0 aliphatic heterocycles. The van der Waals surface area contributed by atoms with Crippen LogP contribution < -0.4 is 0 Å². The summed E-state index contributed by atoms with van der Waals surface area (Å²) in [5, 5.41) is 7.20. The van der Waals surface area contributed by atoms with Gasteiger partial charge in [0.2, 0.25) is 6.39 Å². The van der Waals surface area contributed by atoms with E-state index < -0.39 is 34.5 Å². The van der Waals surface area contributed by atoms with E-state index in [2.05, 4.69) is 15.2 Å². The zero-order valence-corrected chi connectivity index (χ0v) is 13.4. The Bertz CT molecular complexity index is 1160. The number of aromatic nitrogens is 4. The summed E-state index contributed by atoms with van der Waals surface area (Å²) in [7, 11) is 1.47. The van der Waals surface area contributed by atoms with Gasteiger partial charge in [0.1, 0.15) is 11.4 Å². The van der Waals surface area contributed by atoms with Crippen molar-refractivity contribution in [2.45, 2.75) is 12.4 Å². The van der Waals surface area contributed by atoms with Crippen molar-refractivity contribution in [1.82, 2.24) is 19.7 Å². The predicted octanol–water partition coefficient (Wildman–Crippen LogP) is 4.81. The van der Waals surface area contributed by atoms with Crippen molar-refractivity contribution in [3.8, 4) is 11.6 Å². The number of aryl methyl sites for hydroxylation is 1. The van der Waals surface area contributed by atoms with E-state index in [0.717, 1.165) is 12.5 Å². The third kappa shape index (κ3) is 2.69. The molecule has 5 nitrogen and oxygen atoms in total. The number of benzene rings is 1. The Morgan fingerprint density at radius 3 is 2.33 bits per heavy atom. The van der Waals surface area contributed by atoms with Gasteiger partial charge < -0.3 is 8.98 Å². The molecule has 1 aromatic carbocycles. The molecule has 0 unspecified atom stereocenters. The van der Waals surface area contributed by atoms with Crippen LogP contribution in [0.15, 0.2) is 35.1 Å². The number of hydrogen-bond acceptors (Lipinski definition) is 4. The average Bonchev–Trinajstić information content (AvgIpc) is 3.19. The highest BCUT2D eigenvalue weighted by molar-refractivity contribution is 6.06. The molecule has 0 N–H and O–H groups in total. The number of alkyl halides is 6. The highest BCUT2D eigenvalue weighted by atomic mass is 19.4. The fourth-order valence-electron chi connectivity index (χ4n) is 3.00. The molecule has 0 bridgehead atoms. The average molecular weight is 386 g/mol. The van der Waals surface area contributed by atoms with E-state index in [1.807, 2.05) is 0 Å². The second-order valence-corrected chi connectivity index (χ2v) is 5.78. The van der Waals surface area contributed by atoms with Crippen molar-refractivity contribution in [2.24, 2.45) is 7.05 Å². The first-order valence-electron chi connectivity index (χ1n) is 7.41. The molecule has 0 aliphatic carbocycles. The van der Waals surface area contributed by atoms with Gasteiger partial charge in [0, 0.05) is 17.8 Å². The quantitative estimate of drug-likeness (QED) is 0.441. The minimum Gasteiger partial charge on any atom is -0.422 e. The summed E-state index contributed by atoms with van der Waals surface area (Å²) < 4.78 is 86.0. The van der Waals surface area contributed by atoms with E-state index >= 15 is 0 Å². The van der Waals surface area contributed by atoms with Crippen LogP contribution in [0, 0.1) is 0 Å². The molecule has 140 valence electrons. The van der Waals surface area contributed by atoms with E-state index in [-0.39, 0.29) is 17.5 Å². The first-order valence-corrected chi connectivity index (χ1v) is 7.41. The van der Waals surface area contributed by atoms with E-state index in [9.17, 15) is 26.3 Å². The predicted molar refractivity (Wildman–Crippen MR) is 81.5 cm³/mol. The minimum atomic E-state index is -5.03. The lowest BCUT2D eigenvalue weighted by Gasteiger charge is -2.15. The molecule has 4 aromatic rings. The van der Waals surface area contributed by atoms with Gasteiger partial charge in [-0.3, -0.25) is 0 Å². The number of pyridine rings is 1. The van der Waals surface area contributed by atoms with Crippen molar-refractivity contribution < 1.29 is 30.8 Å². The van der Waals surface area contributed by atoms with Crippen LogP contribution in [0.5, 0.6) is 0 Å². The van der Waals surface area contributed by atoms with Gasteiger partial charge in [-0.25, -0.2) is 4.98 Å². The second-order valence-electron chi connectivity index (χ2n) is 5.78. The summed E-state index contributed by atoms with van der Waals surface area (Å²) in [6.45, 7) is 0. The molecule has 0 spiro atoms. The maximum atomic E-state index is 13.4. The van der Waals surface area contributed by atoms with Gasteiger partial charge in [0.05, 0.1) is 16.6 Å². The SMILES string of the molecule is Cn1c(-c2nnco2)cc2ccc3c(C(F)(F)F)cc(C(F)(F)F)nc3c21. The molecule has 0 saturated carbocycles. The normalized spacial score (nSPS) is 13.0. The van der Waals surface area contributed by atoms with Crippen molar-refractivity contribution in [2.75, 3.05) is 0 Å². The van der Waals surface area contributed by atoms with Crippen LogP contribution in [0.25, 0.3) is 33.4 Å². The molecule has 3 aromatic heterocycles. The lowest BCUT2D eigenvalue weighted by molar-refractivity contribution is -0.144. The number of fused-ring (bicyclic) bond motifs is 3. The van der Waals surface area contributed by atoms with Crippen LogP contribution in [0.2, 0.25) is 0 Å². The van der Waals surface area contributed by atoms with Crippen molar-refractivity contribution in [3.05, 3.63) is 41.9 Å². The first kappa shape index (κ1) is 17.3. The number of rotatable bonds is 1. The van der Waals surface area contributed by atoms with Crippen LogP contribution in [0.3, 0.4) is 0 Å². The van der Waals surface area contributed by atoms with Gasteiger partial charge >= 0.3 is 12.4 Å². The maximum absolute atomic E-state index is 13.4. The fraction of sp³-hybridized carbons (Fsp3) is 0.188. The Kier molecular flexibility index (Phi) is 3.49. The summed E-state index contributed by atoms with van der Waals surface area (Å²) >= 11 is 0. The van der Waals surface area contributed by atoms with Crippen molar-refractivity contribution >= 4 is 21.8 Å². The van der Waals surface area contributed by atoms with Crippen LogP contribution in [-0.4, -0.2) is 19.7 Å². The smallest absolute Gasteiger partial charge is 0.422 e. The standard InChI is InChI=1S/C16H8F6N4O/c1-26-10(14-25-23-6-27-14)4-7-2-3-8-9(15(17,18)19)5-11(16(20,21)22)24-12(8)13(7)26/h2-6H,1H3. The molecule has 11 heteroatoms. The Morgan fingerprint density at radius 2 is 1.74 bits per heavy atom. The Labute approximate surface area is 146 Å². The van der Waals surface area contributed by atoms with Gasteiger partial charge in [-0.15, -0.1) is 10.2 Å². The van der Waals surface area contributed by atoms with Gasteiger partial charge in [0.15, 0.2) is 0 Å². The van der Waals surface area contributed by atoms with Gasteiger partial charge in [-0.2, -0.15) is 26.3 Å². The fourth-order valence-corrected chi connectivity index (χ4v) is 3.00. The van der Waals surface area contributed by atoms with Crippen molar-refractivity contribution in [3.63, 3.8) is 0 Å². The Morgan fingerprint density at radius 1 is 1.00 bits per heavy atom. The maximum Gasteiger partial charge on any atom is 0.433 e. The topological polar surface area (TPSA) is 56.7 Å². The molecule has 0 atom stereocenters. The molecule has 0 aliphatic rings. The van der Waals surface area contributed by atoms with E-state index in [4.69, 9.17) is 4.42 Å². The number of halogens is 6. The van der Waals surface area contributed by atoms with E-state index in [1.54, 1.807) is 0 Å².